The first-order valence-corrected chi connectivity index (χ1v) is 2.00. The Morgan fingerprint density at radius 2 is 2.22 bits per heavy atom. The number of nitrogens with one attached hydrogen (secondary N) is 1. The number of halogens is 1. The van der Waals surface area contributed by atoms with Gasteiger partial charge < -0.3 is 5.73 Å². The molecule has 0 aliphatic heterocycles. The van der Waals surface area contributed by atoms with Crippen molar-refractivity contribution >= 4 is 18.4 Å². The number of nitrogens with zero attached hydrogens (tertiary/aromatic N) is 1. The van der Waals surface area contributed by atoms with Gasteiger partial charge in [0.2, 0.25) is 0 Å². The van der Waals surface area contributed by atoms with Crippen molar-refractivity contribution in [2.24, 2.45) is 5.73 Å². The summed E-state index contributed by atoms with van der Waals surface area (Å²) in [7, 11) is 2.93. The molecule has 0 aromatic heterocycles. The van der Waals surface area contributed by atoms with Gasteiger partial charge >= 0.3 is 6.03 Å². The third-order valence-corrected chi connectivity index (χ3v) is 0.542. The molecular formula is C3H10ClN3O2. The number of carbonyl (C=O) groups is 1. The maximum absolute atomic E-state index is 9.96. The average molecular weight is 156 g/mol. The largest absolute Gasteiger partial charge is 0.350 e. The van der Waals surface area contributed by atoms with Crippen LogP contribution in [0.25, 0.3) is 0 Å². The number of hydrazine groups is 1. The second-order valence-corrected chi connectivity index (χ2v) is 1.16. The fourth-order valence-electron chi connectivity index (χ4n) is 0.201. The van der Waals surface area contributed by atoms with Crippen LogP contribution >= 0.6 is 12.4 Å². The highest BCUT2D eigenvalue weighted by atomic mass is 35.5. The van der Waals surface area contributed by atoms with Crippen LogP contribution in [-0.4, -0.2) is 25.4 Å². The topological polar surface area (TPSA) is 67.6 Å². The first kappa shape index (κ1) is 11.3. The Kier molecular flexibility index (Phi) is 7.05. The van der Waals surface area contributed by atoms with Crippen molar-refractivity contribution < 1.29 is 9.63 Å². The predicted molar refractivity (Wildman–Crippen MR) is 34.7 cm³/mol. The van der Waals surface area contributed by atoms with Gasteiger partial charge in [0.1, 0.15) is 0 Å². The normalized spacial score (nSPS) is 8.33. The van der Waals surface area contributed by atoms with Crippen molar-refractivity contribution in [2.45, 2.75) is 0 Å². The van der Waals surface area contributed by atoms with Crippen molar-refractivity contribution in [1.29, 1.82) is 0 Å². The molecule has 0 aliphatic carbocycles. The zero-order valence-corrected chi connectivity index (χ0v) is 6.07. The Hall–Kier alpha value is -0.520. The summed E-state index contributed by atoms with van der Waals surface area (Å²) in [5.41, 5.74) is 6.84. The third kappa shape index (κ3) is 7.48. The molecule has 0 spiro atoms. The van der Waals surface area contributed by atoms with Crippen LogP contribution in [0.4, 0.5) is 4.79 Å². The van der Waals surface area contributed by atoms with Crippen LogP contribution in [0, 0.1) is 0 Å². The van der Waals surface area contributed by atoms with E-state index in [1.54, 1.807) is 0 Å². The van der Waals surface area contributed by atoms with Gasteiger partial charge in [-0.15, -0.1) is 17.6 Å². The van der Waals surface area contributed by atoms with E-state index in [4.69, 9.17) is 5.73 Å². The second-order valence-electron chi connectivity index (χ2n) is 1.16. The molecule has 0 heterocycles. The van der Waals surface area contributed by atoms with E-state index in [0.717, 1.165) is 5.17 Å². The molecule has 9 heavy (non-hydrogen) atoms. The molecule has 0 unspecified atom stereocenters. The van der Waals surface area contributed by atoms with E-state index in [9.17, 15) is 4.79 Å². The maximum Gasteiger partial charge on any atom is 0.328 e. The number of hydrogen-bond donors (Lipinski definition) is 2. The van der Waals surface area contributed by atoms with E-state index in [-0.39, 0.29) is 12.4 Å². The van der Waals surface area contributed by atoms with E-state index < -0.39 is 6.03 Å². The van der Waals surface area contributed by atoms with Crippen molar-refractivity contribution in [3.63, 3.8) is 0 Å². The van der Waals surface area contributed by atoms with E-state index in [1.807, 2.05) is 0 Å². The van der Waals surface area contributed by atoms with Crippen molar-refractivity contribution in [3.8, 4) is 0 Å². The quantitative estimate of drug-likeness (QED) is 0.528. The highest BCUT2D eigenvalue weighted by Gasteiger charge is 1.93. The standard InChI is InChI=1S/C3H9N3O2.ClH/c1-6(8-2)5-3(4)7;/h1-2H3,(H3,4,5,7);1H. The first-order chi connectivity index (χ1) is 3.66. The molecule has 56 valence electrons. The minimum Gasteiger partial charge on any atom is -0.350 e. The predicted octanol–water partition coefficient (Wildman–Crippen LogP) is -0.515. The molecular weight excluding hydrogens is 146 g/mol. The molecule has 0 aromatic rings. The number of amides is 2. The molecule has 6 heteroatoms. The minimum atomic E-state index is -0.644. The second kappa shape index (κ2) is 5.61. The number of nitrogens with two attached hydrogens (primary N) is 1. The summed E-state index contributed by atoms with van der Waals surface area (Å²) in [5, 5.41) is 1.10. The summed E-state index contributed by atoms with van der Waals surface area (Å²) in [4.78, 5) is 14.4. The molecule has 0 aromatic carbocycles. The van der Waals surface area contributed by atoms with Crippen molar-refractivity contribution in [2.75, 3.05) is 14.2 Å². The number of carbonyl (C=O) groups excluding carboxylic acids is 1. The smallest absolute Gasteiger partial charge is 0.328 e. The number of urea groups is 1. The van der Waals surface area contributed by atoms with Crippen molar-refractivity contribution in [1.82, 2.24) is 10.6 Å². The van der Waals surface area contributed by atoms with Crippen LogP contribution in [0.1, 0.15) is 0 Å². The summed E-state index contributed by atoms with van der Waals surface area (Å²) in [6.45, 7) is 0. The fraction of sp³-hybridized carbons (Fsp3) is 0.667. The zero-order valence-electron chi connectivity index (χ0n) is 5.25. The van der Waals surface area contributed by atoms with Gasteiger partial charge in [0.15, 0.2) is 0 Å². The van der Waals surface area contributed by atoms with Crippen LogP contribution in [0.15, 0.2) is 0 Å². The number of hydrogen-bond acceptors (Lipinski definition) is 3. The summed E-state index contributed by atoms with van der Waals surface area (Å²) in [6.07, 6.45) is 0. The molecule has 5 nitrogen and oxygen atoms in total. The highest BCUT2D eigenvalue weighted by Crippen LogP contribution is 1.69. The number of primary amides is 1. The van der Waals surface area contributed by atoms with Crippen LogP contribution in [0.5, 0.6) is 0 Å². The lowest BCUT2D eigenvalue weighted by molar-refractivity contribution is -0.136. The van der Waals surface area contributed by atoms with Gasteiger partial charge in [-0.3, -0.25) is 4.84 Å². The Balaban J connectivity index is 0. The molecule has 0 fully saturated rings. The molecule has 0 atom stereocenters. The SMILES string of the molecule is CON(C)NC(N)=O.Cl. The van der Waals surface area contributed by atoms with Gasteiger partial charge in [-0.25, -0.2) is 10.2 Å². The monoisotopic (exact) mass is 155 g/mol. The van der Waals surface area contributed by atoms with Crippen molar-refractivity contribution in [3.05, 3.63) is 0 Å². The lowest BCUT2D eigenvalue weighted by atomic mass is 11.1. The van der Waals surface area contributed by atoms with Gasteiger partial charge in [-0.05, 0) is 0 Å². The van der Waals surface area contributed by atoms with E-state index in [1.165, 1.54) is 14.2 Å². The molecule has 0 saturated carbocycles. The lowest BCUT2D eigenvalue weighted by Crippen LogP contribution is -2.41. The Morgan fingerprint density at radius 3 is 2.33 bits per heavy atom. The summed E-state index contributed by atoms with van der Waals surface area (Å²) in [5.74, 6) is 0. The van der Waals surface area contributed by atoms with E-state index >= 15 is 0 Å². The van der Waals surface area contributed by atoms with Crippen LogP contribution < -0.4 is 11.2 Å². The summed E-state index contributed by atoms with van der Waals surface area (Å²) >= 11 is 0. The maximum atomic E-state index is 9.96. The molecule has 3 N–H and O–H groups in total. The Morgan fingerprint density at radius 1 is 1.78 bits per heavy atom. The van der Waals surface area contributed by atoms with Crippen LogP contribution in [0.2, 0.25) is 0 Å². The molecule has 0 radical (unpaired) electrons. The van der Waals surface area contributed by atoms with Gasteiger partial charge in [0.25, 0.3) is 0 Å². The molecule has 0 rings (SSSR count). The molecule has 2 amide bonds. The Bertz CT molecular complexity index is 89.1. The minimum absolute atomic E-state index is 0. The van der Waals surface area contributed by atoms with Gasteiger partial charge in [-0.2, -0.15) is 0 Å². The highest BCUT2D eigenvalue weighted by molar-refractivity contribution is 5.85. The van der Waals surface area contributed by atoms with E-state index in [2.05, 4.69) is 10.3 Å². The van der Waals surface area contributed by atoms with E-state index in [0.29, 0.717) is 0 Å². The molecule has 0 bridgehead atoms. The fourth-order valence-corrected chi connectivity index (χ4v) is 0.201. The van der Waals surface area contributed by atoms with Crippen LogP contribution in [-0.2, 0) is 4.84 Å². The Labute approximate surface area is 59.5 Å². The molecule has 0 saturated heterocycles. The molecule has 0 aliphatic rings. The van der Waals surface area contributed by atoms with Gasteiger partial charge in [0.05, 0.1) is 7.11 Å². The average Bonchev–Trinajstić information content (AvgIpc) is 1.65. The van der Waals surface area contributed by atoms with Crippen LogP contribution in [0.3, 0.4) is 0 Å². The summed E-state index contributed by atoms with van der Waals surface area (Å²) in [6, 6.07) is -0.644. The summed E-state index contributed by atoms with van der Waals surface area (Å²) < 4.78 is 0. The number of hydroxylamine groups is 1. The lowest BCUT2D eigenvalue weighted by Gasteiger charge is -2.11. The first-order valence-electron chi connectivity index (χ1n) is 2.00. The van der Waals surface area contributed by atoms with Gasteiger partial charge in [0, 0.05) is 7.05 Å². The van der Waals surface area contributed by atoms with Gasteiger partial charge in [-0.1, -0.05) is 0 Å². The zero-order chi connectivity index (χ0) is 6.57. The number of rotatable bonds is 2. The third-order valence-electron chi connectivity index (χ3n) is 0.542.